The first kappa shape index (κ1) is 17.3. The lowest BCUT2D eigenvalue weighted by molar-refractivity contribution is 0.354. The third-order valence-corrected chi connectivity index (χ3v) is 4.36. The van der Waals surface area contributed by atoms with Gasteiger partial charge in [-0.25, -0.2) is 0 Å². The van der Waals surface area contributed by atoms with Crippen LogP contribution < -0.4 is 19.7 Å². The van der Waals surface area contributed by atoms with E-state index < -0.39 is 0 Å². The zero-order valence-corrected chi connectivity index (χ0v) is 14.9. The van der Waals surface area contributed by atoms with E-state index in [-0.39, 0.29) is 0 Å². The molecule has 0 bridgehead atoms. The summed E-state index contributed by atoms with van der Waals surface area (Å²) in [5, 5.41) is 11.6. The minimum atomic E-state index is 0.623. The van der Waals surface area contributed by atoms with Crippen LogP contribution >= 0.6 is 0 Å². The molecule has 0 aliphatic carbocycles. The van der Waals surface area contributed by atoms with Crippen molar-refractivity contribution in [1.82, 2.24) is 15.2 Å². The van der Waals surface area contributed by atoms with Gasteiger partial charge >= 0.3 is 0 Å². The largest absolute Gasteiger partial charge is 0.493 e. The lowest BCUT2D eigenvalue weighted by Crippen LogP contribution is -2.26. The average molecular weight is 343 g/mol. The van der Waals surface area contributed by atoms with Crippen LogP contribution in [0.3, 0.4) is 0 Å². The number of hydrogen-bond donors (Lipinski definition) is 1. The molecule has 0 spiro atoms. The molecule has 1 aromatic heterocycles. The van der Waals surface area contributed by atoms with Crippen molar-refractivity contribution in [2.45, 2.75) is 32.2 Å². The van der Waals surface area contributed by atoms with Crippen LogP contribution in [-0.4, -0.2) is 42.5 Å². The van der Waals surface area contributed by atoms with Gasteiger partial charge in [-0.05, 0) is 30.5 Å². The second-order valence-electron chi connectivity index (χ2n) is 6.09. The SMILES string of the molecule is COc1ccc(CNc2cnnc(N3CCCCCC3)n2)cc1OC. The van der Waals surface area contributed by atoms with Crippen molar-refractivity contribution in [3.63, 3.8) is 0 Å². The number of nitrogens with one attached hydrogen (secondary N) is 1. The Morgan fingerprint density at radius 3 is 2.52 bits per heavy atom. The van der Waals surface area contributed by atoms with Crippen molar-refractivity contribution in [1.29, 1.82) is 0 Å². The van der Waals surface area contributed by atoms with Gasteiger partial charge in [0.1, 0.15) is 0 Å². The molecule has 2 heterocycles. The zero-order chi connectivity index (χ0) is 17.5. The topological polar surface area (TPSA) is 72.4 Å². The summed E-state index contributed by atoms with van der Waals surface area (Å²) < 4.78 is 10.6. The highest BCUT2D eigenvalue weighted by Gasteiger charge is 2.13. The Morgan fingerprint density at radius 1 is 1.04 bits per heavy atom. The van der Waals surface area contributed by atoms with Gasteiger partial charge in [-0.1, -0.05) is 18.9 Å². The molecule has 7 heteroatoms. The van der Waals surface area contributed by atoms with Crippen LogP contribution in [0.2, 0.25) is 0 Å². The number of benzene rings is 1. The van der Waals surface area contributed by atoms with E-state index in [1.54, 1.807) is 20.4 Å². The molecule has 25 heavy (non-hydrogen) atoms. The quantitative estimate of drug-likeness (QED) is 0.864. The zero-order valence-electron chi connectivity index (χ0n) is 14.9. The highest BCUT2D eigenvalue weighted by molar-refractivity contribution is 5.45. The molecule has 1 N–H and O–H groups in total. The molecule has 0 radical (unpaired) electrons. The number of rotatable bonds is 6. The van der Waals surface area contributed by atoms with Crippen LogP contribution in [0.4, 0.5) is 11.8 Å². The van der Waals surface area contributed by atoms with Crippen LogP contribution in [0, 0.1) is 0 Å². The van der Waals surface area contributed by atoms with E-state index in [2.05, 4.69) is 25.4 Å². The fraction of sp³-hybridized carbons (Fsp3) is 0.500. The summed E-state index contributed by atoms with van der Waals surface area (Å²) in [6.45, 7) is 2.63. The number of hydrogen-bond acceptors (Lipinski definition) is 7. The Hall–Kier alpha value is -2.57. The van der Waals surface area contributed by atoms with Gasteiger partial charge in [0.15, 0.2) is 17.3 Å². The van der Waals surface area contributed by atoms with Gasteiger partial charge in [0, 0.05) is 19.6 Å². The molecule has 2 aromatic rings. The third-order valence-electron chi connectivity index (χ3n) is 4.36. The van der Waals surface area contributed by atoms with E-state index in [9.17, 15) is 0 Å². The van der Waals surface area contributed by atoms with Crippen LogP contribution in [0.5, 0.6) is 11.5 Å². The first-order chi connectivity index (χ1) is 12.3. The van der Waals surface area contributed by atoms with Gasteiger partial charge in [-0.3, -0.25) is 0 Å². The van der Waals surface area contributed by atoms with Gasteiger partial charge < -0.3 is 19.7 Å². The normalized spacial score (nSPS) is 14.7. The maximum Gasteiger partial charge on any atom is 0.247 e. The van der Waals surface area contributed by atoms with Gasteiger partial charge in [0.05, 0.1) is 20.4 Å². The fourth-order valence-corrected chi connectivity index (χ4v) is 2.97. The molecule has 134 valence electrons. The minimum Gasteiger partial charge on any atom is -0.493 e. The Balaban J connectivity index is 1.66. The van der Waals surface area contributed by atoms with Crippen LogP contribution in [0.1, 0.15) is 31.2 Å². The van der Waals surface area contributed by atoms with E-state index >= 15 is 0 Å². The van der Waals surface area contributed by atoms with E-state index in [1.165, 1.54) is 25.7 Å². The van der Waals surface area contributed by atoms with Crippen LogP contribution in [0.25, 0.3) is 0 Å². The summed E-state index contributed by atoms with van der Waals surface area (Å²) in [5.74, 6) is 2.87. The lowest BCUT2D eigenvalue weighted by atomic mass is 10.2. The summed E-state index contributed by atoms with van der Waals surface area (Å²) in [7, 11) is 3.27. The molecular weight excluding hydrogens is 318 g/mol. The van der Waals surface area contributed by atoms with Crippen LogP contribution in [-0.2, 0) is 6.54 Å². The van der Waals surface area contributed by atoms with Gasteiger partial charge in [0.2, 0.25) is 5.95 Å². The second kappa shape index (κ2) is 8.50. The van der Waals surface area contributed by atoms with E-state index in [0.717, 1.165) is 30.2 Å². The molecule has 0 atom stereocenters. The van der Waals surface area contributed by atoms with Crippen LogP contribution in [0.15, 0.2) is 24.4 Å². The highest BCUT2D eigenvalue weighted by Crippen LogP contribution is 2.27. The number of ether oxygens (including phenoxy) is 2. The van der Waals surface area contributed by atoms with Crippen molar-refractivity contribution in [2.75, 3.05) is 37.5 Å². The molecule has 0 saturated carbocycles. The Bertz CT molecular complexity index is 687. The highest BCUT2D eigenvalue weighted by atomic mass is 16.5. The molecule has 7 nitrogen and oxygen atoms in total. The predicted octanol–water partition coefficient (Wildman–Crippen LogP) is 2.88. The minimum absolute atomic E-state index is 0.623. The number of nitrogens with zero attached hydrogens (tertiary/aromatic N) is 4. The van der Waals surface area contributed by atoms with Crippen molar-refractivity contribution in [2.24, 2.45) is 0 Å². The first-order valence-electron chi connectivity index (χ1n) is 8.69. The number of aromatic nitrogens is 3. The lowest BCUT2D eigenvalue weighted by Gasteiger charge is -2.19. The molecule has 1 aromatic carbocycles. The van der Waals surface area contributed by atoms with E-state index in [4.69, 9.17) is 9.47 Å². The van der Waals surface area contributed by atoms with Crippen molar-refractivity contribution in [3.8, 4) is 11.5 Å². The Morgan fingerprint density at radius 2 is 1.80 bits per heavy atom. The predicted molar refractivity (Wildman–Crippen MR) is 97.4 cm³/mol. The Kier molecular flexibility index (Phi) is 5.87. The molecular formula is C18H25N5O2. The monoisotopic (exact) mass is 343 g/mol. The first-order valence-corrected chi connectivity index (χ1v) is 8.69. The van der Waals surface area contributed by atoms with Gasteiger partial charge in [-0.15, -0.1) is 5.10 Å². The summed E-state index contributed by atoms with van der Waals surface area (Å²) in [4.78, 5) is 6.84. The molecule has 1 aliphatic heterocycles. The summed E-state index contributed by atoms with van der Waals surface area (Å²) >= 11 is 0. The molecule has 3 rings (SSSR count). The summed E-state index contributed by atoms with van der Waals surface area (Å²) in [6.07, 6.45) is 6.59. The molecule has 1 aliphatic rings. The Labute approximate surface area is 148 Å². The summed E-state index contributed by atoms with van der Waals surface area (Å²) in [5.41, 5.74) is 1.08. The van der Waals surface area contributed by atoms with E-state index in [1.807, 2.05) is 18.2 Å². The number of methoxy groups -OCH3 is 2. The van der Waals surface area contributed by atoms with Crippen molar-refractivity contribution < 1.29 is 9.47 Å². The van der Waals surface area contributed by atoms with Crippen molar-refractivity contribution >= 4 is 11.8 Å². The maximum absolute atomic E-state index is 5.34. The summed E-state index contributed by atoms with van der Waals surface area (Å²) in [6, 6.07) is 5.85. The molecule has 0 amide bonds. The van der Waals surface area contributed by atoms with Gasteiger partial charge in [0.25, 0.3) is 0 Å². The third kappa shape index (κ3) is 4.49. The number of anilines is 2. The maximum atomic E-state index is 5.34. The average Bonchev–Trinajstić information content (AvgIpc) is 2.96. The second-order valence-corrected chi connectivity index (χ2v) is 6.09. The standard InChI is InChI=1S/C18H25N5O2/c1-24-15-8-7-14(11-16(15)25-2)12-19-17-13-20-22-18(21-17)23-9-5-3-4-6-10-23/h7-8,11,13H,3-6,9-10,12H2,1-2H3,(H,19,21,22). The fourth-order valence-electron chi connectivity index (χ4n) is 2.97. The van der Waals surface area contributed by atoms with Crippen molar-refractivity contribution in [3.05, 3.63) is 30.0 Å². The smallest absolute Gasteiger partial charge is 0.247 e. The molecule has 0 unspecified atom stereocenters. The molecule has 1 saturated heterocycles. The van der Waals surface area contributed by atoms with Gasteiger partial charge in [-0.2, -0.15) is 10.1 Å². The van der Waals surface area contributed by atoms with E-state index in [0.29, 0.717) is 18.2 Å². The molecule has 1 fully saturated rings.